The number of amides is 1. The van der Waals surface area contributed by atoms with E-state index >= 15 is 0 Å². The SMILES string of the molecule is NC(=O)c1ccccc1C1=Cc2ccccc2SN=C1. The van der Waals surface area contributed by atoms with Crippen molar-refractivity contribution in [3.8, 4) is 0 Å². The Labute approximate surface area is 121 Å². The van der Waals surface area contributed by atoms with Gasteiger partial charge in [0.05, 0.1) is 0 Å². The Morgan fingerprint density at radius 2 is 1.80 bits per heavy atom. The van der Waals surface area contributed by atoms with Crippen LogP contribution in [0.4, 0.5) is 0 Å². The monoisotopic (exact) mass is 280 g/mol. The molecule has 2 aromatic rings. The van der Waals surface area contributed by atoms with Gasteiger partial charge in [-0.25, -0.2) is 4.40 Å². The summed E-state index contributed by atoms with van der Waals surface area (Å²) in [6, 6.07) is 15.3. The fourth-order valence-corrected chi connectivity index (χ4v) is 2.78. The molecule has 20 heavy (non-hydrogen) atoms. The molecular formula is C16H12N2OS. The van der Waals surface area contributed by atoms with Crippen molar-refractivity contribution >= 4 is 35.7 Å². The van der Waals surface area contributed by atoms with E-state index in [4.69, 9.17) is 5.73 Å². The molecule has 0 fully saturated rings. The number of carbonyl (C=O) groups is 1. The summed E-state index contributed by atoms with van der Waals surface area (Å²) in [5.74, 6) is -0.430. The van der Waals surface area contributed by atoms with Gasteiger partial charge in [0.1, 0.15) is 0 Å². The highest BCUT2D eigenvalue weighted by atomic mass is 32.2. The van der Waals surface area contributed by atoms with Gasteiger partial charge in [0.15, 0.2) is 0 Å². The molecule has 2 N–H and O–H groups in total. The highest BCUT2D eigenvalue weighted by Gasteiger charge is 2.13. The number of carbonyl (C=O) groups excluding carboxylic acids is 1. The van der Waals surface area contributed by atoms with Crippen LogP contribution >= 0.6 is 11.9 Å². The molecule has 0 spiro atoms. The van der Waals surface area contributed by atoms with E-state index < -0.39 is 5.91 Å². The molecule has 0 saturated carbocycles. The van der Waals surface area contributed by atoms with E-state index in [1.54, 1.807) is 18.3 Å². The Kier molecular flexibility index (Phi) is 3.39. The second-order valence-electron chi connectivity index (χ2n) is 4.37. The van der Waals surface area contributed by atoms with Crippen molar-refractivity contribution in [2.45, 2.75) is 4.90 Å². The lowest BCUT2D eigenvalue weighted by Crippen LogP contribution is -2.13. The molecule has 0 aliphatic carbocycles. The molecule has 3 nitrogen and oxygen atoms in total. The van der Waals surface area contributed by atoms with Crippen LogP contribution in [0.15, 0.2) is 57.8 Å². The number of hydrogen-bond donors (Lipinski definition) is 1. The summed E-state index contributed by atoms with van der Waals surface area (Å²) in [6.07, 6.45) is 3.80. The molecule has 0 saturated heterocycles. The molecule has 4 heteroatoms. The zero-order valence-corrected chi connectivity index (χ0v) is 11.4. The van der Waals surface area contributed by atoms with Crippen molar-refractivity contribution in [1.82, 2.24) is 0 Å². The zero-order valence-electron chi connectivity index (χ0n) is 10.6. The van der Waals surface area contributed by atoms with Crippen LogP contribution in [-0.4, -0.2) is 12.1 Å². The van der Waals surface area contributed by atoms with Crippen molar-refractivity contribution in [3.05, 3.63) is 65.2 Å². The first-order chi connectivity index (χ1) is 9.75. The second kappa shape index (κ2) is 5.35. The zero-order chi connectivity index (χ0) is 13.9. The lowest BCUT2D eigenvalue weighted by molar-refractivity contribution is 0.1000. The maximum atomic E-state index is 11.5. The molecule has 0 unspecified atom stereocenters. The number of hydrogen-bond acceptors (Lipinski definition) is 3. The summed E-state index contributed by atoms with van der Waals surface area (Å²) in [6.45, 7) is 0. The number of benzene rings is 2. The van der Waals surface area contributed by atoms with Gasteiger partial charge in [-0.2, -0.15) is 0 Å². The third kappa shape index (κ3) is 2.38. The lowest BCUT2D eigenvalue weighted by Gasteiger charge is -2.06. The minimum Gasteiger partial charge on any atom is -0.366 e. The Balaban J connectivity index is 2.16. The normalized spacial score (nSPS) is 13.3. The highest BCUT2D eigenvalue weighted by Crippen LogP contribution is 2.31. The van der Waals surface area contributed by atoms with Gasteiger partial charge in [-0.15, -0.1) is 0 Å². The third-order valence-corrected chi connectivity index (χ3v) is 3.86. The maximum Gasteiger partial charge on any atom is 0.249 e. The van der Waals surface area contributed by atoms with E-state index in [1.807, 2.05) is 42.5 Å². The fraction of sp³-hybridized carbons (Fsp3) is 0. The Morgan fingerprint density at radius 3 is 2.65 bits per heavy atom. The van der Waals surface area contributed by atoms with Crippen molar-refractivity contribution in [3.63, 3.8) is 0 Å². The minimum atomic E-state index is -0.430. The van der Waals surface area contributed by atoms with Gasteiger partial charge in [0.2, 0.25) is 5.91 Å². The Bertz CT molecular complexity index is 735. The number of nitrogens with two attached hydrogens (primary N) is 1. The largest absolute Gasteiger partial charge is 0.366 e. The van der Waals surface area contributed by atoms with Crippen LogP contribution < -0.4 is 5.73 Å². The Morgan fingerprint density at radius 1 is 1.05 bits per heavy atom. The molecule has 0 atom stereocenters. The first kappa shape index (κ1) is 12.7. The van der Waals surface area contributed by atoms with Gasteiger partial charge in [0, 0.05) is 34.2 Å². The number of nitrogens with zero attached hydrogens (tertiary/aromatic N) is 1. The summed E-state index contributed by atoms with van der Waals surface area (Å²) >= 11 is 1.42. The van der Waals surface area contributed by atoms with Gasteiger partial charge >= 0.3 is 0 Å². The number of fused-ring (bicyclic) bond motifs is 1. The van der Waals surface area contributed by atoms with E-state index in [0.717, 1.165) is 21.6 Å². The smallest absolute Gasteiger partial charge is 0.249 e. The van der Waals surface area contributed by atoms with Crippen LogP contribution in [0.1, 0.15) is 21.5 Å². The van der Waals surface area contributed by atoms with Crippen LogP contribution in [0.2, 0.25) is 0 Å². The molecule has 0 radical (unpaired) electrons. The third-order valence-electron chi connectivity index (χ3n) is 3.08. The summed E-state index contributed by atoms with van der Waals surface area (Å²) in [5, 5.41) is 0. The molecule has 0 bridgehead atoms. The highest BCUT2D eigenvalue weighted by molar-refractivity contribution is 7.98. The van der Waals surface area contributed by atoms with E-state index in [9.17, 15) is 4.79 Å². The van der Waals surface area contributed by atoms with Crippen LogP contribution in [0.5, 0.6) is 0 Å². The average molecular weight is 280 g/mol. The van der Waals surface area contributed by atoms with Crippen LogP contribution in [0.25, 0.3) is 11.6 Å². The van der Waals surface area contributed by atoms with Crippen LogP contribution in [0.3, 0.4) is 0 Å². The Hall–Kier alpha value is -2.33. The first-order valence-electron chi connectivity index (χ1n) is 6.16. The van der Waals surface area contributed by atoms with Crippen molar-refractivity contribution in [2.24, 2.45) is 10.1 Å². The lowest BCUT2D eigenvalue weighted by atomic mass is 9.98. The molecule has 1 aliphatic rings. The number of rotatable bonds is 2. The molecule has 0 aromatic heterocycles. The summed E-state index contributed by atoms with van der Waals surface area (Å²) < 4.78 is 4.34. The van der Waals surface area contributed by atoms with E-state index in [2.05, 4.69) is 4.40 Å². The molecule has 98 valence electrons. The van der Waals surface area contributed by atoms with Crippen molar-refractivity contribution < 1.29 is 4.79 Å². The molecule has 1 amide bonds. The molecule has 2 aromatic carbocycles. The molecular weight excluding hydrogens is 268 g/mol. The maximum absolute atomic E-state index is 11.5. The standard InChI is InChI=1S/C16H12N2OS/c17-16(19)14-7-3-2-6-13(14)12-9-11-5-1-4-8-15(11)20-18-10-12/h1-10H,(H2,17,19). The van der Waals surface area contributed by atoms with Gasteiger partial charge < -0.3 is 5.73 Å². The minimum absolute atomic E-state index is 0.430. The summed E-state index contributed by atoms with van der Waals surface area (Å²) in [7, 11) is 0. The molecule has 1 heterocycles. The van der Waals surface area contributed by atoms with Gasteiger partial charge in [-0.05, 0) is 29.3 Å². The van der Waals surface area contributed by atoms with E-state index in [0.29, 0.717) is 5.56 Å². The van der Waals surface area contributed by atoms with Crippen molar-refractivity contribution in [1.29, 1.82) is 0 Å². The first-order valence-corrected chi connectivity index (χ1v) is 6.93. The molecule has 1 aliphatic heterocycles. The van der Waals surface area contributed by atoms with Gasteiger partial charge in [0.25, 0.3) is 0 Å². The molecule has 3 rings (SSSR count). The fourth-order valence-electron chi connectivity index (χ4n) is 2.12. The number of primary amides is 1. The quantitative estimate of drug-likeness (QED) is 0.857. The summed E-state index contributed by atoms with van der Waals surface area (Å²) in [4.78, 5) is 12.6. The predicted molar refractivity (Wildman–Crippen MR) is 83.6 cm³/mol. The second-order valence-corrected chi connectivity index (χ2v) is 5.21. The van der Waals surface area contributed by atoms with Gasteiger partial charge in [-0.3, -0.25) is 4.79 Å². The van der Waals surface area contributed by atoms with E-state index in [1.165, 1.54) is 11.9 Å². The topological polar surface area (TPSA) is 55.5 Å². The summed E-state index contributed by atoms with van der Waals surface area (Å²) in [5.41, 5.74) is 8.73. The van der Waals surface area contributed by atoms with Gasteiger partial charge in [-0.1, -0.05) is 36.4 Å². The van der Waals surface area contributed by atoms with Crippen LogP contribution in [-0.2, 0) is 0 Å². The van der Waals surface area contributed by atoms with Crippen molar-refractivity contribution in [2.75, 3.05) is 0 Å². The van der Waals surface area contributed by atoms with Crippen LogP contribution in [0, 0.1) is 0 Å². The average Bonchev–Trinajstić information content (AvgIpc) is 2.69. The van der Waals surface area contributed by atoms with E-state index in [-0.39, 0.29) is 0 Å². The predicted octanol–water partition coefficient (Wildman–Crippen LogP) is 3.42. The number of allylic oxidation sites excluding steroid dienone is 1.